The van der Waals surface area contributed by atoms with E-state index in [1.165, 1.54) is 7.11 Å². The van der Waals surface area contributed by atoms with Crippen molar-refractivity contribution >= 4 is 12.1 Å². The molecule has 0 atom stereocenters. The lowest BCUT2D eigenvalue weighted by atomic mass is 9.97. The number of amides is 3. The molecule has 8 nitrogen and oxygen atoms in total. The number of carbonyl (C=O) groups excluding carboxylic acids is 2. The van der Waals surface area contributed by atoms with Crippen LogP contribution in [-0.4, -0.2) is 58.0 Å². The molecule has 0 aliphatic carbocycles. The van der Waals surface area contributed by atoms with Crippen LogP contribution >= 0.6 is 0 Å². The predicted octanol–water partition coefficient (Wildman–Crippen LogP) is 1.98. The molecule has 0 saturated carbocycles. The zero-order valence-corrected chi connectivity index (χ0v) is 15.5. The number of hydrogen-bond acceptors (Lipinski definition) is 5. The van der Waals surface area contributed by atoms with Crippen LogP contribution < -0.4 is 20.1 Å². The quantitative estimate of drug-likeness (QED) is 0.805. The zero-order valence-electron chi connectivity index (χ0n) is 15.5. The van der Waals surface area contributed by atoms with E-state index in [1.807, 2.05) is 18.2 Å². The van der Waals surface area contributed by atoms with Crippen LogP contribution in [-0.2, 0) is 11.3 Å². The number of nitrogens with zero attached hydrogens (tertiary/aromatic N) is 1. The summed E-state index contributed by atoms with van der Waals surface area (Å²) in [5.41, 5.74) is 0.921. The fraction of sp³-hybridized carbons (Fsp3) is 0.556. The number of likely N-dealkylation sites (tertiary alicyclic amines) is 1. The fourth-order valence-electron chi connectivity index (χ4n) is 2.92. The van der Waals surface area contributed by atoms with E-state index < -0.39 is 0 Å². The maximum Gasteiger partial charge on any atom is 0.409 e. The predicted molar refractivity (Wildman–Crippen MR) is 96.5 cm³/mol. The van der Waals surface area contributed by atoms with E-state index in [2.05, 4.69) is 10.6 Å². The summed E-state index contributed by atoms with van der Waals surface area (Å²) in [5, 5.41) is 5.72. The van der Waals surface area contributed by atoms with E-state index in [4.69, 9.17) is 14.2 Å². The van der Waals surface area contributed by atoms with Gasteiger partial charge in [0.2, 0.25) is 0 Å². The van der Waals surface area contributed by atoms with Crippen molar-refractivity contribution in [1.82, 2.24) is 15.5 Å². The molecule has 0 radical (unpaired) electrons. The molecule has 1 aromatic rings. The van der Waals surface area contributed by atoms with Crippen LogP contribution in [0.15, 0.2) is 18.2 Å². The Labute approximate surface area is 153 Å². The minimum absolute atomic E-state index is 0.213. The van der Waals surface area contributed by atoms with Gasteiger partial charge in [-0.1, -0.05) is 6.07 Å². The Morgan fingerprint density at radius 1 is 1.08 bits per heavy atom. The molecule has 0 unspecified atom stereocenters. The van der Waals surface area contributed by atoms with Gasteiger partial charge in [-0.05, 0) is 36.5 Å². The second-order valence-corrected chi connectivity index (χ2v) is 6.15. The van der Waals surface area contributed by atoms with Gasteiger partial charge in [0, 0.05) is 26.2 Å². The number of nitrogens with one attached hydrogen (secondary N) is 2. The molecule has 0 bridgehead atoms. The summed E-state index contributed by atoms with van der Waals surface area (Å²) >= 11 is 0. The minimum Gasteiger partial charge on any atom is -0.493 e. The largest absolute Gasteiger partial charge is 0.493 e. The number of urea groups is 1. The lowest BCUT2D eigenvalue weighted by Gasteiger charge is -2.30. The van der Waals surface area contributed by atoms with Gasteiger partial charge in [-0.2, -0.15) is 0 Å². The average molecular weight is 365 g/mol. The molecule has 3 amide bonds. The van der Waals surface area contributed by atoms with E-state index in [0.717, 1.165) is 18.4 Å². The molecule has 8 heteroatoms. The molecule has 2 N–H and O–H groups in total. The number of hydrogen-bond donors (Lipinski definition) is 2. The summed E-state index contributed by atoms with van der Waals surface area (Å²) in [6, 6.07) is 5.31. The summed E-state index contributed by atoms with van der Waals surface area (Å²) in [6.45, 7) is 2.30. The molecule has 26 heavy (non-hydrogen) atoms. The molecular formula is C18H27N3O5. The highest BCUT2D eigenvalue weighted by atomic mass is 16.5. The van der Waals surface area contributed by atoms with Crippen LogP contribution in [0, 0.1) is 5.92 Å². The third-order valence-corrected chi connectivity index (χ3v) is 4.50. The van der Waals surface area contributed by atoms with Crippen LogP contribution in [0.4, 0.5) is 9.59 Å². The highest BCUT2D eigenvalue weighted by Gasteiger charge is 2.23. The smallest absolute Gasteiger partial charge is 0.409 e. The van der Waals surface area contributed by atoms with Crippen molar-refractivity contribution in [1.29, 1.82) is 0 Å². The zero-order chi connectivity index (χ0) is 18.9. The SMILES string of the molecule is COC(=O)N1CCC(CNC(=O)NCc2ccc(OC)c(OC)c2)CC1. The van der Waals surface area contributed by atoms with Crippen molar-refractivity contribution in [3.05, 3.63) is 23.8 Å². The van der Waals surface area contributed by atoms with Crippen LogP contribution in [0.25, 0.3) is 0 Å². The van der Waals surface area contributed by atoms with Crippen molar-refractivity contribution in [2.75, 3.05) is 41.0 Å². The Bertz CT molecular complexity index is 615. The van der Waals surface area contributed by atoms with Gasteiger partial charge in [0.25, 0.3) is 0 Å². The number of carbonyl (C=O) groups is 2. The normalized spacial score (nSPS) is 14.5. The fourth-order valence-corrected chi connectivity index (χ4v) is 2.92. The topological polar surface area (TPSA) is 89.1 Å². The van der Waals surface area contributed by atoms with Gasteiger partial charge < -0.3 is 29.7 Å². The average Bonchev–Trinajstić information content (AvgIpc) is 2.70. The second kappa shape index (κ2) is 9.74. The highest BCUT2D eigenvalue weighted by Crippen LogP contribution is 2.27. The van der Waals surface area contributed by atoms with Gasteiger partial charge in [-0.15, -0.1) is 0 Å². The van der Waals surface area contributed by atoms with Crippen LogP contribution in [0.5, 0.6) is 11.5 Å². The molecule has 0 aromatic heterocycles. The first-order valence-corrected chi connectivity index (χ1v) is 8.62. The van der Waals surface area contributed by atoms with Crippen molar-refractivity contribution < 1.29 is 23.8 Å². The Balaban J connectivity index is 1.70. The Morgan fingerprint density at radius 3 is 2.38 bits per heavy atom. The first kappa shape index (κ1) is 19.7. The monoisotopic (exact) mass is 365 g/mol. The third kappa shape index (κ3) is 5.44. The van der Waals surface area contributed by atoms with Gasteiger partial charge in [0.15, 0.2) is 11.5 Å². The summed E-state index contributed by atoms with van der Waals surface area (Å²) < 4.78 is 15.2. The van der Waals surface area contributed by atoms with Gasteiger partial charge >= 0.3 is 12.1 Å². The van der Waals surface area contributed by atoms with Crippen LogP contribution in [0.3, 0.4) is 0 Å². The van der Waals surface area contributed by atoms with Crippen molar-refractivity contribution in [3.8, 4) is 11.5 Å². The lowest BCUT2D eigenvalue weighted by Crippen LogP contribution is -2.43. The Morgan fingerprint density at radius 2 is 1.77 bits per heavy atom. The standard InChI is InChI=1S/C18H27N3O5/c1-24-15-5-4-14(10-16(15)25-2)12-20-17(22)19-11-13-6-8-21(9-7-13)18(23)26-3/h4-5,10,13H,6-9,11-12H2,1-3H3,(H2,19,20,22). The van der Waals surface area contributed by atoms with E-state index in [1.54, 1.807) is 19.1 Å². The molecule has 1 aliphatic heterocycles. The number of ether oxygens (including phenoxy) is 3. The highest BCUT2D eigenvalue weighted by molar-refractivity contribution is 5.73. The number of piperidine rings is 1. The maximum atomic E-state index is 12.0. The van der Waals surface area contributed by atoms with E-state index in [9.17, 15) is 9.59 Å². The summed E-state index contributed by atoms with van der Waals surface area (Å²) in [6.07, 6.45) is 1.42. The Kier molecular flexibility index (Phi) is 7.37. The van der Waals surface area contributed by atoms with E-state index in [0.29, 0.717) is 43.6 Å². The first-order chi connectivity index (χ1) is 12.6. The van der Waals surface area contributed by atoms with Gasteiger partial charge in [0.05, 0.1) is 21.3 Å². The van der Waals surface area contributed by atoms with E-state index in [-0.39, 0.29) is 12.1 Å². The molecule has 2 rings (SSSR count). The number of benzene rings is 1. The van der Waals surface area contributed by atoms with Gasteiger partial charge in [-0.3, -0.25) is 0 Å². The van der Waals surface area contributed by atoms with Crippen molar-refractivity contribution in [3.63, 3.8) is 0 Å². The van der Waals surface area contributed by atoms with Crippen LogP contribution in [0.1, 0.15) is 18.4 Å². The summed E-state index contributed by atoms with van der Waals surface area (Å²) in [7, 11) is 4.55. The molecule has 144 valence electrons. The Hall–Kier alpha value is -2.64. The minimum atomic E-state index is -0.288. The summed E-state index contributed by atoms with van der Waals surface area (Å²) in [4.78, 5) is 25.1. The number of rotatable bonds is 6. The second-order valence-electron chi connectivity index (χ2n) is 6.15. The van der Waals surface area contributed by atoms with Gasteiger partial charge in [0.1, 0.15) is 0 Å². The number of methoxy groups -OCH3 is 3. The lowest BCUT2D eigenvalue weighted by molar-refractivity contribution is 0.106. The molecule has 1 aromatic carbocycles. The van der Waals surface area contributed by atoms with Gasteiger partial charge in [-0.25, -0.2) is 9.59 Å². The van der Waals surface area contributed by atoms with Crippen molar-refractivity contribution in [2.24, 2.45) is 5.92 Å². The first-order valence-electron chi connectivity index (χ1n) is 8.62. The molecular weight excluding hydrogens is 338 g/mol. The van der Waals surface area contributed by atoms with E-state index >= 15 is 0 Å². The molecule has 0 spiro atoms. The molecule has 1 saturated heterocycles. The third-order valence-electron chi connectivity index (χ3n) is 4.50. The molecule has 1 aliphatic rings. The molecule has 1 fully saturated rings. The van der Waals surface area contributed by atoms with Crippen molar-refractivity contribution in [2.45, 2.75) is 19.4 Å². The summed E-state index contributed by atoms with van der Waals surface area (Å²) in [5.74, 6) is 1.64. The van der Waals surface area contributed by atoms with Crippen LogP contribution in [0.2, 0.25) is 0 Å². The maximum absolute atomic E-state index is 12.0. The molecule has 1 heterocycles.